The molecular weight excluding hydrogens is 296 g/mol. The second-order valence-corrected chi connectivity index (χ2v) is 5.14. The fourth-order valence-electron chi connectivity index (χ4n) is 2.50. The summed E-state index contributed by atoms with van der Waals surface area (Å²) in [5, 5.41) is 18.4. The largest absolute Gasteiger partial charge is 0.369 e. The number of non-ortho nitro benzene ring substituents is 1. The molecule has 0 aliphatic carbocycles. The minimum absolute atomic E-state index is 0.0795. The van der Waals surface area contributed by atoms with E-state index in [0.717, 1.165) is 0 Å². The van der Waals surface area contributed by atoms with Crippen LogP contribution in [-0.4, -0.2) is 38.7 Å². The first-order valence-corrected chi connectivity index (χ1v) is 6.72. The Morgan fingerprint density at radius 3 is 2.36 bits per heavy atom. The molecule has 0 radical (unpaired) electrons. The lowest BCUT2D eigenvalue weighted by atomic mass is 10.1. The lowest BCUT2D eigenvalue weighted by molar-refractivity contribution is -0.384. The van der Waals surface area contributed by atoms with Gasteiger partial charge < -0.3 is 4.90 Å². The second-order valence-electron chi connectivity index (χ2n) is 5.14. The lowest BCUT2D eigenvalue weighted by Crippen LogP contribution is -2.39. The molecule has 0 unspecified atom stereocenters. The van der Waals surface area contributed by atoms with Crippen LogP contribution in [0.3, 0.4) is 0 Å². The minimum Gasteiger partial charge on any atom is -0.369 e. The molecule has 2 aromatic rings. The Bertz CT molecular complexity index is 680. The van der Waals surface area contributed by atoms with Gasteiger partial charge in [0.25, 0.3) is 11.6 Å². The molecule has 2 heterocycles. The Morgan fingerprint density at radius 2 is 1.77 bits per heavy atom. The summed E-state index contributed by atoms with van der Waals surface area (Å²) >= 11 is 0. The molecule has 0 bridgehead atoms. The summed E-state index contributed by atoms with van der Waals surface area (Å²) in [5.74, 6) is -2.67. The molecule has 1 saturated heterocycles. The maximum absolute atomic E-state index is 13.3. The average molecular weight is 309 g/mol. The number of anilines is 1. The third-order valence-electron chi connectivity index (χ3n) is 3.70. The highest BCUT2D eigenvalue weighted by atomic mass is 19.3. The number of benzene rings is 1. The molecule has 1 aliphatic rings. The predicted molar refractivity (Wildman–Crippen MR) is 74.4 cm³/mol. The fraction of sp³-hybridized carbons (Fsp3) is 0.385. The van der Waals surface area contributed by atoms with Crippen LogP contribution in [0.5, 0.6) is 0 Å². The molecule has 9 heteroatoms. The van der Waals surface area contributed by atoms with Crippen LogP contribution in [0.2, 0.25) is 0 Å². The molecule has 1 fully saturated rings. The van der Waals surface area contributed by atoms with E-state index >= 15 is 0 Å². The van der Waals surface area contributed by atoms with Gasteiger partial charge in [-0.3, -0.25) is 14.7 Å². The van der Waals surface area contributed by atoms with Crippen LogP contribution in [0, 0.1) is 10.1 Å². The summed E-state index contributed by atoms with van der Waals surface area (Å²) in [6.45, 7) is 0.284. The topological polar surface area (TPSA) is 77.1 Å². The first-order chi connectivity index (χ1) is 10.5. The van der Waals surface area contributed by atoms with Gasteiger partial charge in [0.15, 0.2) is 0 Å². The zero-order chi connectivity index (χ0) is 15.7. The molecule has 3 rings (SSSR count). The third-order valence-corrected chi connectivity index (χ3v) is 3.70. The molecule has 116 valence electrons. The molecule has 0 atom stereocenters. The van der Waals surface area contributed by atoms with Crippen molar-refractivity contribution in [2.24, 2.45) is 0 Å². The Balaban J connectivity index is 2.00. The zero-order valence-electron chi connectivity index (χ0n) is 11.5. The minimum atomic E-state index is -2.67. The summed E-state index contributed by atoms with van der Waals surface area (Å²) in [7, 11) is 0. The number of aromatic nitrogens is 3. The highest BCUT2D eigenvalue weighted by Gasteiger charge is 2.35. The van der Waals surface area contributed by atoms with E-state index in [-0.39, 0.29) is 31.6 Å². The van der Waals surface area contributed by atoms with Gasteiger partial charge in [-0.15, -0.1) is 10.2 Å². The molecule has 7 nitrogen and oxygen atoms in total. The van der Waals surface area contributed by atoms with Gasteiger partial charge in [0, 0.05) is 38.1 Å². The van der Waals surface area contributed by atoms with Crippen molar-refractivity contribution in [1.29, 1.82) is 0 Å². The lowest BCUT2D eigenvalue weighted by Gasteiger charge is -2.34. The Hall–Kier alpha value is -2.58. The summed E-state index contributed by atoms with van der Waals surface area (Å²) in [5.41, 5.74) is 1.08. The number of hydrogen-bond donors (Lipinski definition) is 0. The molecule has 0 saturated carbocycles. The predicted octanol–water partition coefficient (Wildman–Crippen LogP) is 2.41. The van der Waals surface area contributed by atoms with Gasteiger partial charge >= 0.3 is 0 Å². The highest BCUT2D eigenvalue weighted by molar-refractivity contribution is 5.67. The van der Waals surface area contributed by atoms with Gasteiger partial charge in [0.05, 0.1) is 16.3 Å². The van der Waals surface area contributed by atoms with Crippen molar-refractivity contribution in [2.45, 2.75) is 18.8 Å². The Labute approximate surface area is 124 Å². The molecule has 1 aromatic heterocycles. The van der Waals surface area contributed by atoms with Crippen molar-refractivity contribution in [3.8, 4) is 5.69 Å². The summed E-state index contributed by atoms with van der Waals surface area (Å²) in [6, 6.07) is 4.35. The van der Waals surface area contributed by atoms with Crippen LogP contribution in [0.25, 0.3) is 5.69 Å². The number of hydrogen-bond acceptors (Lipinski definition) is 5. The summed E-state index contributed by atoms with van der Waals surface area (Å²) < 4.78 is 28.2. The van der Waals surface area contributed by atoms with Gasteiger partial charge in [-0.2, -0.15) is 0 Å². The molecule has 0 spiro atoms. The van der Waals surface area contributed by atoms with Crippen LogP contribution in [0.1, 0.15) is 12.8 Å². The molecule has 1 aromatic carbocycles. The van der Waals surface area contributed by atoms with E-state index in [1.54, 1.807) is 15.5 Å². The molecular formula is C13H13F2N5O2. The van der Waals surface area contributed by atoms with E-state index in [4.69, 9.17) is 0 Å². The van der Waals surface area contributed by atoms with E-state index < -0.39 is 10.8 Å². The number of piperidine rings is 1. The number of rotatable bonds is 3. The van der Waals surface area contributed by atoms with Gasteiger partial charge in [0.2, 0.25) is 0 Å². The van der Waals surface area contributed by atoms with Crippen molar-refractivity contribution >= 4 is 11.4 Å². The summed E-state index contributed by atoms with van der Waals surface area (Å²) in [6.07, 6.45) is 2.39. The standard InChI is InChI=1S/C13H13F2N5O2/c14-13(15)3-5-18(6-4-13)12-7-10(20(21)22)1-2-11(12)19-8-16-17-9-19/h1-2,7-9H,3-6H2. The SMILES string of the molecule is O=[N+]([O-])c1ccc(-n2cnnc2)c(N2CCC(F)(F)CC2)c1. The first-order valence-electron chi connectivity index (χ1n) is 6.72. The number of alkyl halides is 2. The molecule has 22 heavy (non-hydrogen) atoms. The van der Waals surface area contributed by atoms with Gasteiger partial charge in [-0.25, -0.2) is 8.78 Å². The van der Waals surface area contributed by atoms with Crippen molar-refractivity contribution in [3.63, 3.8) is 0 Å². The number of nitro benzene ring substituents is 1. The highest BCUT2D eigenvalue weighted by Crippen LogP contribution is 2.34. The van der Waals surface area contributed by atoms with E-state index in [2.05, 4.69) is 10.2 Å². The molecule has 0 amide bonds. The first kappa shape index (κ1) is 14.4. The van der Waals surface area contributed by atoms with Crippen LogP contribution in [-0.2, 0) is 0 Å². The van der Waals surface area contributed by atoms with Crippen LogP contribution in [0.15, 0.2) is 30.9 Å². The number of halogens is 2. The Morgan fingerprint density at radius 1 is 1.14 bits per heavy atom. The van der Waals surface area contributed by atoms with Crippen LogP contribution in [0.4, 0.5) is 20.2 Å². The van der Waals surface area contributed by atoms with Gasteiger partial charge in [0.1, 0.15) is 12.7 Å². The maximum atomic E-state index is 13.3. The normalized spacial score (nSPS) is 17.5. The molecule has 1 aliphatic heterocycles. The Kier molecular flexibility index (Phi) is 3.47. The smallest absolute Gasteiger partial charge is 0.271 e. The van der Waals surface area contributed by atoms with Crippen molar-refractivity contribution in [3.05, 3.63) is 41.0 Å². The van der Waals surface area contributed by atoms with Crippen LogP contribution >= 0.6 is 0 Å². The fourth-order valence-corrected chi connectivity index (χ4v) is 2.50. The van der Waals surface area contributed by atoms with E-state index in [1.165, 1.54) is 24.8 Å². The number of nitro groups is 1. The quantitative estimate of drug-likeness (QED) is 0.643. The number of nitrogens with zero attached hydrogens (tertiary/aromatic N) is 5. The maximum Gasteiger partial charge on any atom is 0.271 e. The van der Waals surface area contributed by atoms with Crippen LogP contribution < -0.4 is 4.90 Å². The van der Waals surface area contributed by atoms with Crippen molar-refractivity contribution < 1.29 is 13.7 Å². The monoisotopic (exact) mass is 309 g/mol. The van der Waals surface area contributed by atoms with Crippen molar-refractivity contribution in [1.82, 2.24) is 14.8 Å². The zero-order valence-corrected chi connectivity index (χ0v) is 11.5. The van der Waals surface area contributed by atoms with Gasteiger partial charge in [-0.1, -0.05) is 0 Å². The van der Waals surface area contributed by atoms with Gasteiger partial charge in [-0.05, 0) is 6.07 Å². The third kappa shape index (κ3) is 2.74. The van der Waals surface area contributed by atoms with E-state index in [0.29, 0.717) is 11.4 Å². The van der Waals surface area contributed by atoms with Crippen molar-refractivity contribution in [2.75, 3.05) is 18.0 Å². The average Bonchev–Trinajstić information content (AvgIpc) is 3.00. The second kappa shape index (κ2) is 5.32. The van der Waals surface area contributed by atoms with E-state index in [1.807, 2.05) is 0 Å². The van der Waals surface area contributed by atoms with E-state index in [9.17, 15) is 18.9 Å². The summed E-state index contributed by atoms with van der Waals surface area (Å²) in [4.78, 5) is 12.2. The molecule has 0 N–H and O–H groups in total.